The molecule has 1 aromatic carbocycles. The molecule has 1 aliphatic heterocycles. The summed E-state index contributed by atoms with van der Waals surface area (Å²) in [5, 5.41) is 0. The van der Waals surface area contributed by atoms with Crippen molar-refractivity contribution in [3.63, 3.8) is 0 Å². The first kappa shape index (κ1) is 15.5. The highest BCUT2D eigenvalue weighted by Crippen LogP contribution is 2.20. The molecular weight excluding hydrogens is 266 g/mol. The van der Waals surface area contributed by atoms with Crippen LogP contribution in [-0.2, 0) is 16.0 Å². The second kappa shape index (κ2) is 7.25. The van der Waals surface area contributed by atoms with Crippen molar-refractivity contribution in [1.82, 2.24) is 4.90 Å². The fourth-order valence-electron chi connectivity index (χ4n) is 2.90. The summed E-state index contributed by atoms with van der Waals surface area (Å²) in [5.74, 6) is 1.06. The summed E-state index contributed by atoms with van der Waals surface area (Å²) in [5.41, 5.74) is 1.21. The molecule has 1 atom stereocenters. The van der Waals surface area contributed by atoms with Gasteiger partial charge in [0, 0.05) is 19.9 Å². The molecule has 1 heterocycles. The van der Waals surface area contributed by atoms with Gasteiger partial charge in [-0.1, -0.05) is 12.1 Å². The minimum absolute atomic E-state index is 0.0148. The zero-order valence-electron chi connectivity index (χ0n) is 12.8. The van der Waals surface area contributed by atoms with Crippen LogP contribution in [0.15, 0.2) is 24.3 Å². The number of hydrogen-bond acceptors (Lipinski definition) is 3. The first-order valence-electron chi connectivity index (χ1n) is 7.54. The average Bonchev–Trinajstić information content (AvgIpc) is 2.97. The molecule has 1 fully saturated rings. The van der Waals surface area contributed by atoms with Gasteiger partial charge in [0.2, 0.25) is 5.91 Å². The van der Waals surface area contributed by atoms with Gasteiger partial charge in [-0.2, -0.15) is 0 Å². The largest absolute Gasteiger partial charge is 0.497 e. The van der Waals surface area contributed by atoms with Crippen LogP contribution in [0.5, 0.6) is 5.75 Å². The van der Waals surface area contributed by atoms with Gasteiger partial charge in [0.05, 0.1) is 13.2 Å². The van der Waals surface area contributed by atoms with E-state index in [-0.39, 0.29) is 17.7 Å². The number of hydrogen-bond donors (Lipinski definition) is 0. The van der Waals surface area contributed by atoms with Crippen molar-refractivity contribution in [1.29, 1.82) is 0 Å². The minimum atomic E-state index is -0.182. The van der Waals surface area contributed by atoms with Crippen LogP contribution in [0.3, 0.4) is 0 Å². The predicted molar refractivity (Wildman–Crippen MR) is 81.3 cm³/mol. The Bertz CT molecular complexity index is 495. The topological polar surface area (TPSA) is 46.6 Å². The number of Topliss-reactive ketones (excluding diaryl/α,β-unsaturated/α-hetero) is 1. The van der Waals surface area contributed by atoms with E-state index in [9.17, 15) is 9.59 Å². The monoisotopic (exact) mass is 289 g/mol. The van der Waals surface area contributed by atoms with Crippen molar-refractivity contribution in [2.45, 2.75) is 45.1 Å². The summed E-state index contributed by atoms with van der Waals surface area (Å²) in [6, 6.07) is 7.75. The second-order valence-corrected chi connectivity index (χ2v) is 5.54. The Labute approximate surface area is 126 Å². The zero-order chi connectivity index (χ0) is 15.2. The minimum Gasteiger partial charge on any atom is -0.497 e. The quantitative estimate of drug-likeness (QED) is 0.808. The number of aryl methyl sites for hydroxylation is 1. The highest BCUT2D eigenvalue weighted by atomic mass is 16.5. The lowest BCUT2D eigenvalue weighted by molar-refractivity contribution is -0.135. The lowest BCUT2D eigenvalue weighted by atomic mass is 10.0. The lowest BCUT2D eigenvalue weighted by Crippen LogP contribution is -2.39. The van der Waals surface area contributed by atoms with Gasteiger partial charge in [0.25, 0.3) is 0 Å². The van der Waals surface area contributed by atoms with Crippen molar-refractivity contribution in [3.8, 4) is 5.75 Å². The molecule has 21 heavy (non-hydrogen) atoms. The van der Waals surface area contributed by atoms with Crippen LogP contribution in [-0.4, -0.2) is 36.3 Å². The molecule has 1 aliphatic rings. The van der Waals surface area contributed by atoms with E-state index in [1.54, 1.807) is 18.9 Å². The Hall–Kier alpha value is -1.84. The predicted octanol–water partition coefficient (Wildman–Crippen LogP) is 2.60. The van der Waals surface area contributed by atoms with Gasteiger partial charge in [0.1, 0.15) is 5.75 Å². The number of methoxy groups -OCH3 is 1. The summed E-state index contributed by atoms with van der Waals surface area (Å²) in [7, 11) is 1.65. The molecule has 0 bridgehead atoms. The summed E-state index contributed by atoms with van der Waals surface area (Å²) in [6.07, 6.45) is 4.01. The van der Waals surface area contributed by atoms with E-state index in [1.165, 1.54) is 5.56 Å². The van der Waals surface area contributed by atoms with Crippen molar-refractivity contribution in [2.24, 2.45) is 0 Å². The number of likely N-dealkylation sites (tertiary alicyclic amines) is 1. The molecule has 114 valence electrons. The Morgan fingerprint density at radius 2 is 2.00 bits per heavy atom. The van der Waals surface area contributed by atoms with Crippen LogP contribution in [0.1, 0.15) is 38.2 Å². The summed E-state index contributed by atoms with van der Waals surface area (Å²) in [4.78, 5) is 25.4. The third-order valence-corrected chi connectivity index (χ3v) is 4.08. The fourth-order valence-corrected chi connectivity index (χ4v) is 2.90. The molecule has 4 heteroatoms. The molecule has 0 spiro atoms. The molecule has 0 radical (unpaired) electrons. The molecule has 0 aromatic heterocycles. The number of ether oxygens (including phenoxy) is 1. The van der Waals surface area contributed by atoms with E-state index in [2.05, 4.69) is 0 Å². The summed E-state index contributed by atoms with van der Waals surface area (Å²) in [6.45, 7) is 2.27. The third-order valence-electron chi connectivity index (χ3n) is 4.08. The maximum atomic E-state index is 12.2. The molecule has 1 aromatic rings. The Morgan fingerprint density at radius 1 is 1.29 bits per heavy atom. The highest BCUT2D eigenvalue weighted by molar-refractivity contribution is 5.88. The van der Waals surface area contributed by atoms with Crippen LogP contribution < -0.4 is 4.74 Å². The molecule has 1 saturated heterocycles. The molecule has 1 unspecified atom stereocenters. The third kappa shape index (κ3) is 4.06. The molecule has 0 aliphatic carbocycles. The van der Waals surface area contributed by atoms with E-state index in [1.807, 2.05) is 24.3 Å². The van der Waals surface area contributed by atoms with Gasteiger partial charge in [-0.05, 0) is 43.4 Å². The number of ketones is 1. The van der Waals surface area contributed by atoms with E-state index >= 15 is 0 Å². The fraction of sp³-hybridized carbons (Fsp3) is 0.529. The van der Waals surface area contributed by atoms with E-state index < -0.39 is 0 Å². The molecule has 2 rings (SSSR count). The van der Waals surface area contributed by atoms with Crippen LogP contribution in [0, 0.1) is 0 Å². The number of nitrogens with zero attached hydrogens (tertiary/aromatic N) is 1. The van der Waals surface area contributed by atoms with E-state index in [0.29, 0.717) is 6.42 Å². The van der Waals surface area contributed by atoms with Crippen LogP contribution in [0.4, 0.5) is 0 Å². The maximum Gasteiger partial charge on any atom is 0.220 e. The smallest absolute Gasteiger partial charge is 0.220 e. The average molecular weight is 289 g/mol. The molecule has 4 nitrogen and oxygen atoms in total. The van der Waals surface area contributed by atoms with Crippen molar-refractivity contribution >= 4 is 11.7 Å². The Kier molecular flexibility index (Phi) is 5.37. The van der Waals surface area contributed by atoms with Gasteiger partial charge < -0.3 is 9.64 Å². The van der Waals surface area contributed by atoms with E-state index in [0.717, 1.165) is 38.0 Å². The summed E-state index contributed by atoms with van der Waals surface area (Å²) < 4.78 is 5.12. The first-order chi connectivity index (χ1) is 10.1. The summed E-state index contributed by atoms with van der Waals surface area (Å²) >= 11 is 0. The molecule has 0 saturated carbocycles. The molecule has 0 N–H and O–H groups in total. The highest BCUT2D eigenvalue weighted by Gasteiger charge is 2.31. The Balaban J connectivity index is 1.79. The lowest BCUT2D eigenvalue weighted by Gasteiger charge is -2.22. The number of rotatable bonds is 6. The molecule has 1 amide bonds. The molecular formula is C17H23NO3. The van der Waals surface area contributed by atoms with Gasteiger partial charge in [0.15, 0.2) is 5.78 Å². The number of carbonyl (C=O) groups is 2. The maximum absolute atomic E-state index is 12.2. The van der Waals surface area contributed by atoms with Gasteiger partial charge in [-0.3, -0.25) is 9.59 Å². The number of benzene rings is 1. The SMILES string of the molecule is COc1ccc(CCCC(=O)C2CCCN2C(C)=O)cc1. The van der Waals surface area contributed by atoms with E-state index in [4.69, 9.17) is 4.74 Å². The number of amides is 1. The first-order valence-corrected chi connectivity index (χ1v) is 7.54. The van der Waals surface area contributed by atoms with Crippen LogP contribution in [0.2, 0.25) is 0 Å². The van der Waals surface area contributed by atoms with Gasteiger partial charge in [-0.25, -0.2) is 0 Å². The van der Waals surface area contributed by atoms with Crippen LogP contribution >= 0.6 is 0 Å². The standard InChI is InChI=1S/C17H23NO3/c1-13(19)18-12-4-6-16(18)17(20)7-3-5-14-8-10-15(21-2)11-9-14/h8-11,16H,3-7,12H2,1-2H3. The van der Waals surface area contributed by atoms with Gasteiger partial charge >= 0.3 is 0 Å². The van der Waals surface area contributed by atoms with Crippen molar-refractivity contribution in [2.75, 3.05) is 13.7 Å². The van der Waals surface area contributed by atoms with Crippen LogP contribution in [0.25, 0.3) is 0 Å². The van der Waals surface area contributed by atoms with Gasteiger partial charge in [-0.15, -0.1) is 0 Å². The van der Waals surface area contributed by atoms with Crippen molar-refractivity contribution < 1.29 is 14.3 Å². The normalized spacial score (nSPS) is 17.8. The number of carbonyl (C=O) groups excluding carboxylic acids is 2. The second-order valence-electron chi connectivity index (χ2n) is 5.54. The Morgan fingerprint density at radius 3 is 2.62 bits per heavy atom. The van der Waals surface area contributed by atoms with Crippen molar-refractivity contribution in [3.05, 3.63) is 29.8 Å². The zero-order valence-corrected chi connectivity index (χ0v) is 12.8.